The van der Waals surface area contributed by atoms with E-state index in [1.807, 2.05) is 37.3 Å². The number of hydrogen-bond donors (Lipinski definition) is 1. The number of carbonyl (C=O) groups is 1. The second-order valence-corrected chi connectivity index (χ2v) is 3.21. The van der Waals surface area contributed by atoms with Crippen molar-refractivity contribution in [3.63, 3.8) is 0 Å². The molecule has 0 aromatic heterocycles. The van der Waals surface area contributed by atoms with E-state index in [4.69, 9.17) is 9.57 Å². The fraction of sp³-hybridized carbons (Fsp3) is 0.308. The molecule has 0 heterocycles. The van der Waals surface area contributed by atoms with Gasteiger partial charge < -0.3 is 4.74 Å². The summed E-state index contributed by atoms with van der Waals surface area (Å²) in [5.74, 6) is -0.390. The molecule has 4 nitrogen and oxygen atoms in total. The molecular weight excluding hydrogens is 218 g/mol. The molecule has 1 N–H and O–H groups in total. The van der Waals surface area contributed by atoms with E-state index in [2.05, 4.69) is 5.48 Å². The van der Waals surface area contributed by atoms with Crippen LogP contribution in [0.4, 0.5) is 0 Å². The third-order valence-corrected chi connectivity index (χ3v) is 1.96. The van der Waals surface area contributed by atoms with E-state index in [-0.39, 0.29) is 0 Å². The van der Waals surface area contributed by atoms with Crippen molar-refractivity contribution in [3.05, 3.63) is 42.0 Å². The predicted molar refractivity (Wildman–Crippen MR) is 65.8 cm³/mol. The van der Waals surface area contributed by atoms with Crippen LogP contribution in [0.3, 0.4) is 0 Å². The van der Waals surface area contributed by atoms with E-state index >= 15 is 0 Å². The minimum Gasteiger partial charge on any atom is -0.463 e. The molecular formula is C13H17NO3. The van der Waals surface area contributed by atoms with Gasteiger partial charge in [-0.05, 0) is 13.8 Å². The topological polar surface area (TPSA) is 47.6 Å². The molecule has 0 aliphatic rings. The molecule has 0 unspecified atom stereocenters. The second-order valence-electron chi connectivity index (χ2n) is 3.21. The van der Waals surface area contributed by atoms with Crippen molar-refractivity contribution in [2.75, 3.05) is 13.2 Å². The average Bonchev–Trinajstić information content (AvgIpc) is 2.36. The highest BCUT2D eigenvalue weighted by Crippen LogP contribution is 2.11. The lowest BCUT2D eigenvalue weighted by Crippen LogP contribution is -2.15. The van der Waals surface area contributed by atoms with Crippen molar-refractivity contribution in [2.24, 2.45) is 0 Å². The zero-order valence-electron chi connectivity index (χ0n) is 10.1. The number of hydroxylamine groups is 1. The molecule has 1 aromatic carbocycles. The number of carbonyl (C=O) groups excluding carboxylic acids is 1. The van der Waals surface area contributed by atoms with Crippen LogP contribution in [0.1, 0.15) is 19.4 Å². The van der Waals surface area contributed by atoms with E-state index in [0.717, 1.165) is 5.56 Å². The van der Waals surface area contributed by atoms with E-state index in [0.29, 0.717) is 18.9 Å². The van der Waals surface area contributed by atoms with Crippen molar-refractivity contribution in [2.45, 2.75) is 13.8 Å². The van der Waals surface area contributed by atoms with Gasteiger partial charge in [0.15, 0.2) is 0 Å². The molecule has 1 rings (SSSR count). The summed E-state index contributed by atoms with van der Waals surface area (Å²) in [5, 5.41) is 0. The fourth-order valence-corrected chi connectivity index (χ4v) is 1.24. The number of hydrogen-bond acceptors (Lipinski definition) is 4. The molecule has 4 heteroatoms. The van der Waals surface area contributed by atoms with Crippen LogP contribution in [0.5, 0.6) is 0 Å². The van der Waals surface area contributed by atoms with Crippen molar-refractivity contribution in [1.82, 2.24) is 5.48 Å². The highest BCUT2D eigenvalue weighted by molar-refractivity contribution is 5.90. The highest BCUT2D eigenvalue weighted by atomic mass is 16.6. The molecule has 0 aliphatic heterocycles. The summed E-state index contributed by atoms with van der Waals surface area (Å²) < 4.78 is 4.86. The van der Waals surface area contributed by atoms with Gasteiger partial charge in [0.2, 0.25) is 0 Å². The zero-order chi connectivity index (χ0) is 12.5. The Bertz CT molecular complexity index is 374. The summed E-state index contributed by atoms with van der Waals surface area (Å²) in [5.41, 5.74) is 4.19. The molecule has 0 bridgehead atoms. The molecule has 0 fully saturated rings. The first kappa shape index (κ1) is 13.3. The molecule has 0 aliphatic carbocycles. The van der Waals surface area contributed by atoms with Gasteiger partial charge in [-0.3, -0.25) is 10.3 Å². The van der Waals surface area contributed by atoms with Gasteiger partial charge in [-0.25, -0.2) is 4.79 Å². The van der Waals surface area contributed by atoms with Crippen LogP contribution in [0, 0.1) is 0 Å². The lowest BCUT2D eigenvalue weighted by Gasteiger charge is -2.10. The SMILES string of the molecule is CCONC(=CC(=O)OCC)c1ccccc1. The molecule has 0 amide bonds. The van der Waals surface area contributed by atoms with Gasteiger partial charge in [0.05, 0.1) is 18.9 Å². The van der Waals surface area contributed by atoms with Crippen molar-refractivity contribution >= 4 is 11.7 Å². The number of benzene rings is 1. The summed E-state index contributed by atoms with van der Waals surface area (Å²) in [7, 11) is 0. The summed E-state index contributed by atoms with van der Waals surface area (Å²) in [4.78, 5) is 16.5. The van der Waals surface area contributed by atoms with Crippen LogP contribution in [0.25, 0.3) is 5.70 Å². The first-order valence-electron chi connectivity index (χ1n) is 5.59. The van der Waals surface area contributed by atoms with E-state index in [1.54, 1.807) is 6.92 Å². The summed E-state index contributed by atoms with van der Waals surface area (Å²) >= 11 is 0. The average molecular weight is 235 g/mol. The maximum atomic E-state index is 11.4. The smallest absolute Gasteiger partial charge is 0.332 e. The standard InChI is InChI=1S/C13H17NO3/c1-3-16-13(15)10-12(14-17-4-2)11-8-6-5-7-9-11/h5-10,14H,3-4H2,1-2H3. The minimum atomic E-state index is -0.390. The quantitative estimate of drug-likeness (QED) is 0.466. The first-order chi connectivity index (χ1) is 8.27. The van der Waals surface area contributed by atoms with Crippen LogP contribution < -0.4 is 5.48 Å². The maximum absolute atomic E-state index is 11.4. The van der Waals surface area contributed by atoms with Gasteiger partial charge >= 0.3 is 5.97 Å². The second kappa shape index (κ2) is 7.46. The van der Waals surface area contributed by atoms with Gasteiger partial charge in [0.25, 0.3) is 0 Å². The lowest BCUT2D eigenvalue weighted by molar-refractivity contribution is -0.137. The zero-order valence-corrected chi connectivity index (χ0v) is 10.1. The number of rotatable bonds is 6. The van der Waals surface area contributed by atoms with Gasteiger partial charge in [-0.15, -0.1) is 0 Å². The summed E-state index contributed by atoms with van der Waals surface area (Å²) in [6, 6.07) is 9.46. The molecule has 17 heavy (non-hydrogen) atoms. The highest BCUT2D eigenvalue weighted by Gasteiger charge is 2.04. The van der Waals surface area contributed by atoms with Crippen LogP contribution in [0.2, 0.25) is 0 Å². The van der Waals surface area contributed by atoms with Crippen molar-refractivity contribution in [3.8, 4) is 0 Å². The van der Waals surface area contributed by atoms with E-state index in [9.17, 15) is 4.79 Å². The Labute approximate surface area is 101 Å². The lowest BCUT2D eigenvalue weighted by atomic mass is 10.1. The van der Waals surface area contributed by atoms with Crippen LogP contribution >= 0.6 is 0 Å². The molecule has 0 spiro atoms. The Morgan fingerprint density at radius 3 is 2.53 bits per heavy atom. The van der Waals surface area contributed by atoms with E-state index < -0.39 is 5.97 Å². The largest absolute Gasteiger partial charge is 0.463 e. The van der Waals surface area contributed by atoms with Gasteiger partial charge in [-0.2, -0.15) is 0 Å². The van der Waals surface area contributed by atoms with E-state index in [1.165, 1.54) is 6.08 Å². The molecule has 92 valence electrons. The Balaban J connectivity index is 2.84. The molecule has 0 saturated carbocycles. The Hall–Kier alpha value is -1.81. The molecule has 0 atom stereocenters. The van der Waals surface area contributed by atoms with Crippen molar-refractivity contribution in [1.29, 1.82) is 0 Å². The summed E-state index contributed by atoms with van der Waals surface area (Å²) in [6.07, 6.45) is 1.38. The maximum Gasteiger partial charge on any atom is 0.332 e. The van der Waals surface area contributed by atoms with Gasteiger partial charge in [0.1, 0.15) is 0 Å². The molecule has 0 saturated heterocycles. The number of nitrogens with one attached hydrogen (secondary N) is 1. The first-order valence-corrected chi connectivity index (χ1v) is 5.59. The molecule has 1 aromatic rings. The monoisotopic (exact) mass is 235 g/mol. The predicted octanol–water partition coefficient (Wildman–Crippen LogP) is 2.13. The number of ether oxygens (including phenoxy) is 1. The minimum absolute atomic E-state index is 0.353. The Morgan fingerprint density at radius 2 is 1.94 bits per heavy atom. The Kier molecular flexibility index (Phi) is 5.82. The van der Waals surface area contributed by atoms with Crippen LogP contribution in [0.15, 0.2) is 36.4 Å². The third kappa shape index (κ3) is 4.70. The molecule has 0 radical (unpaired) electrons. The normalized spacial score (nSPS) is 11.1. The van der Waals surface area contributed by atoms with Gasteiger partial charge in [0, 0.05) is 11.6 Å². The Morgan fingerprint density at radius 1 is 1.24 bits per heavy atom. The van der Waals surface area contributed by atoms with Crippen LogP contribution in [-0.2, 0) is 14.4 Å². The number of esters is 1. The van der Waals surface area contributed by atoms with Crippen molar-refractivity contribution < 1.29 is 14.4 Å². The van der Waals surface area contributed by atoms with Gasteiger partial charge in [-0.1, -0.05) is 30.3 Å². The fourth-order valence-electron chi connectivity index (χ4n) is 1.24. The summed E-state index contributed by atoms with van der Waals surface area (Å²) in [6.45, 7) is 4.49. The van der Waals surface area contributed by atoms with Crippen LogP contribution in [-0.4, -0.2) is 19.2 Å². The third-order valence-electron chi connectivity index (χ3n) is 1.96.